The molecular formula is C25H17N5O2S2. The van der Waals surface area contributed by atoms with Crippen LogP contribution in [0.15, 0.2) is 83.1 Å². The highest BCUT2D eigenvalue weighted by Crippen LogP contribution is 2.29. The van der Waals surface area contributed by atoms with Crippen LogP contribution in [0.4, 0.5) is 0 Å². The van der Waals surface area contributed by atoms with Gasteiger partial charge in [0.1, 0.15) is 11.4 Å². The van der Waals surface area contributed by atoms with Crippen molar-refractivity contribution < 1.29 is 4.74 Å². The molecule has 0 aliphatic heterocycles. The van der Waals surface area contributed by atoms with Crippen LogP contribution in [-0.4, -0.2) is 31.5 Å². The highest BCUT2D eigenvalue weighted by molar-refractivity contribution is 7.15. The maximum absolute atomic E-state index is 13.2. The fourth-order valence-corrected chi connectivity index (χ4v) is 5.36. The molecule has 0 radical (unpaired) electrons. The summed E-state index contributed by atoms with van der Waals surface area (Å²) in [5, 5.41) is 11.3. The van der Waals surface area contributed by atoms with Gasteiger partial charge in [-0.15, -0.1) is 16.4 Å². The standard InChI is InChI=1S/C25H17N5O2S2/c1-32-19-11-6-5-10-18(19)23-26-25-30(28-23)24(31)21(34-25)14-16-15-29(17-8-3-2-4-9-17)27-22(16)20-12-7-13-33-20/h2-15H,1H3. The Morgan fingerprint density at radius 1 is 0.971 bits per heavy atom. The molecule has 4 aromatic heterocycles. The van der Waals surface area contributed by atoms with Crippen molar-refractivity contribution >= 4 is 33.7 Å². The number of thiazole rings is 1. The lowest BCUT2D eigenvalue weighted by Gasteiger charge is -2.03. The van der Waals surface area contributed by atoms with E-state index in [4.69, 9.17) is 9.84 Å². The van der Waals surface area contributed by atoms with Gasteiger partial charge in [0, 0.05) is 11.8 Å². The molecule has 0 aliphatic rings. The van der Waals surface area contributed by atoms with Gasteiger partial charge in [-0.2, -0.15) is 14.6 Å². The highest BCUT2D eigenvalue weighted by atomic mass is 32.1. The van der Waals surface area contributed by atoms with Crippen LogP contribution in [0.1, 0.15) is 5.56 Å². The minimum absolute atomic E-state index is 0.210. The first-order valence-electron chi connectivity index (χ1n) is 10.4. The predicted molar refractivity (Wildman–Crippen MR) is 135 cm³/mol. The maximum atomic E-state index is 13.2. The van der Waals surface area contributed by atoms with E-state index >= 15 is 0 Å². The van der Waals surface area contributed by atoms with Crippen LogP contribution in [0, 0.1) is 0 Å². The molecule has 34 heavy (non-hydrogen) atoms. The molecular weight excluding hydrogens is 466 g/mol. The molecule has 0 saturated carbocycles. The lowest BCUT2D eigenvalue weighted by atomic mass is 10.2. The molecule has 2 aromatic carbocycles. The minimum Gasteiger partial charge on any atom is -0.496 e. The van der Waals surface area contributed by atoms with Crippen LogP contribution in [0.2, 0.25) is 0 Å². The molecule has 6 aromatic rings. The van der Waals surface area contributed by atoms with Crippen molar-refractivity contribution in [1.29, 1.82) is 0 Å². The van der Waals surface area contributed by atoms with Gasteiger partial charge < -0.3 is 4.74 Å². The number of ether oxygens (including phenoxy) is 1. The third kappa shape index (κ3) is 3.51. The first-order valence-corrected chi connectivity index (χ1v) is 12.1. The van der Waals surface area contributed by atoms with E-state index in [9.17, 15) is 4.79 Å². The quantitative estimate of drug-likeness (QED) is 0.366. The third-order valence-corrected chi connectivity index (χ3v) is 7.17. The summed E-state index contributed by atoms with van der Waals surface area (Å²) in [5.74, 6) is 1.12. The predicted octanol–water partition coefficient (Wildman–Crippen LogP) is 4.29. The molecule has 0 spiro atoms. The summed E-state index contributed by atoms with van der Waals surface area (Å²) in [5.41, 5.74) is 3.17. The van der Waals surface area contributed by atoms with Gasteiger partial charge in [0.05, 0.1) is 27.8 Å². The number of benzene rings is 2. The number of hydrogen-bond acceptors (Lipinski definition) is 7. The number of nitrogens with zero attached hydrogens (tertiary/aromatic N) is 5. The van der Waals surface area contributed by atoms with Gasteiger partial charge in [-0.3, -0.25) is 4.79 Å². The molecule has 0 bridgehead atoms. The summed E-state index contributed by atoms with van der Waals surface area (Å²) < 4.78 is 9.15. The average Bonchev–Trinajstić information content (AvgIpc) is 3.66. The topological polar surface area (TPSA) is 74.3 Å². The van der Waals surface area contributed by atoms with Crippen LogP contribution in [0.5, 0.6) is 5.75 Å². The van der Waals surface area contributed by atoms with Crippen molar-refractivity contribution in [2.24, 2.45) is 0 Å². The van der Waals surface area contributed by atoms with E-state index in [1.807, 2.05) is 89.1 Å². The van der Waals surface area contributed by atoms with Crippen LogP contribution in [0.25, 0.3) is 38.7 Å². The Morgan fingerprint density at radius 3 is 2.56 bits per heavy atom. The van der Waals surface area contributed by atoms with Crippen molar-refractivity contribution in [1.82, 2.24) is 24.4 Å². The summed E-state index contributed by atoms with van der Waals surface area (Å²) in [7, 11) is 1.60. The molecule has 166 valence electrons. The van der Waals surface area contributed by atoms with Crippen molar-refractivity contribution in [3.63, 3.8) is 0 Å². The fourth-order valence-electron chi connectivity index (χ4n) is 3.73. The molecule has 0 N–H and O–H groups in total. The Kier molecular flexibility index (Phi) is 5.05. The first-order chi connectivity index (χ1) is 16.7. The monoisotopic (exact) mass is 483 g/mol. The molecule has 0 unspecified atom stereocenters. The lowest BCUT2D eigenvalue weighted by molar-refractivity contribution is 0.416. The number of fused-ring (bicyclic) bond motifs is 1. The largest absolute Gasteiger partial charge is 0.496 e. The highest BCUT2D eigenvalue weighted by Gasteiger charge is 2.16. The number of thiophene rings is 1. The molecule has 0 atom stereocenters. The van der Waals surface area contributed by atoms with Crippen molar-refractivity contribution in [2.75, 3.05) is 7.11 Å². The second-order valence-electron chi connectivity index (χ2n) is 7.44. The van der Waals surface area contributed by atoms with Gasteiger partial charge in [0.25, 0.3) is 5.56 Å². The van der Waals surface area contributed by atoms with Crippen molar-refractivity contribution in [2.45, 2.75) is 0 Å². The van der Waals surface area contributed by atoms with Crippen LogP contribution in [-0.2, 0) is 0 Å². The second kappa shape index (κ2) is 8.36. The zero-order valence-electron chi connectivity index (χ0n) is 18.0. The summed E-state index contributed by atoms with van der Waals surface area (Å²) >= 11 is 2.92. The van der Waals surface area contributed by atoms with Crippen LogP contribution < -0.4 is 14.8 Å². The second-order valence-corrected chi connectivity index (χ2v) is 9.39. The number of methoxy groups -OCH3 is 1. The summed E-state index contributed by atoms with van der Waals surface area (Å²) in [6.45, 7) is 0. The minimum atomic E-state index is -0.210. The van der Waals surface area contributed by atoms with Crippen molar-refractivity contribution in [3.8, 4) is 33.4 Å². The zero-order chi connectivity index (χ0) is 23.1. The Hall–Kier alpha value is -4.08. The average molecular weight is 484 g/mol. The maximum Gasteiger partial charge on any atom is 0.291 e. The summed E-state index contributed by atoms with van der Waals surface area (Å²) in [4.78, 5) is 19.3. The zero-order valence-corrected chi connectivity index (χ0v) is 19.6. The number of rotatable bonds is 5. The van der Waals surface area contributed by atoms with Gasteiger partial charge in [-0.25, -0.2) is 4.68 Å². The Bertz CT molecular complexity index is 1720. The van der Waals surface area contributed by atoms with E-state index < -0.39 is 0 Å². The third-order valence-electron chi connectivity index (χ3n) is 5.33. The SMILES string of the molecule is COc1ccccc1-c1nc2sc(=Cc3cn(-c4ccccc4)nc3-c3cccs3)c(=O)n2n1. The lowest BCUT2D eigenvalue weighted by Crippen LogP contribution is -2.23. The number of para-hydroxylation sites is 2. The smallest absolute Gasteiger partial charge is 0.291 e. The van der Waals surface area contributed by atoms with E-state index in [2.05, 4.69) is 10.1 Å². The van der Waals surface area contributed by atoms with E-state index in [0.29, 0.717) is 21.1 Å². The van der Waals surface area contributed by atoms with Gasteiger partial charge >= 0.3 is 0 Å². The van der Waals surface area contributed by atoms with Gasteiger partial charge in [-0.1, -0.05) is 47.7 Å². The molecule has 0 saturated heterocycles. The van der Waals surface area contributed by atoms with E-state index in [1.165, 1.54) is 15.9 Å². The van der Waals surface area contributed by atoms with E-state index in [0.717, 1.165) is 27.4 Å². The number of aromatic nitrogens is 5. The summed E-state index contributed by atoms with van der Waals surface area (Å²) in [6.07, 6.45) is 3.81. The van der Waals surface area contributed by atoms with E-state index in [-0.39, 0.29) is 5.56 Å². The fraction of sp³-hybridized carbons (Fsp3) is 0.0400. The van der Waals surface area contributed by atoms with Crippen molar-refractivity contribution in [3.05, 3.63) is 98.8 Å². The molecule has 6 rings (SSSR count). The van der Waals surface area contributed by atoms with Crippen LogP contribution >= 0.6 is 22.7 Å². The molecule has 7 nitrogen and oxygen atoms in total. The number of hydrogen-bond donors (Lipinski definition) is 0. The van der Waals surface area contributed by atoms with Gasteiger partial charge in [-0.05, 0) is 41.8 Å². The Balaban J connectivity index is 1.48. The molecule has 0 amide bonds. The van der Waals surface area contributed by atoms with E-state index in [1.54, 1.807) is 18.4 Å². The van der Waals surface area contributed by atoms with Gasteiger partial charge in [0.2, 0.25) is 4.96 Å². The molecule has 0 aliphatic carbocycles. The first kappa shape index (κ1) is 20.5. The molecule has 0 fully saturated rings. The normalized spacial score (nSPS) is 12.0. The molecule has 9 heteroatoms. The van der Waals surface area contributed by atoms with Crippen LogP contribution in [0.3, 0.4) is 0 Å². The summed E-state index contributed by atoms with van der Waals surface area (Å²) in [6, 6.07) is 21.4. The van der Waals surface area contributed by atoms with Gasteiger partial charge in [0.15, 0.2) is 5.82 Å². The molecule has 4 heterocycles. The Morgan fingerprint density at radius 2 is 1.79 bits per heavy atom. The Labute approximate surface area is 201 Å².